The second-order valence-corrected chi connectivity index (χ2v) is 3.88. The maximum absolute atomic E-state index is 12.5. The molecule has 1 rings (SSSR count). The van der Waals surface area contributed by atoms with Crippen molar-refractivity contribution in [2.45, 2.75) is 18.4 Å². The van der Waals surface area contributed by atoms with Crippen LogP contribution in [0.3, 0.4) is 0 Å². The predicted octanol–water partition coefficient (Wildman–Crippen LogP) is 1.02. The molecule has 0 aliphatic heterocycles. The van der Waals surface area contributed by atoms with Gasteiger partial charge in [0.1, 0.15) is 11.9 Å². The Morgan fingerprint density at radius 1 is 1.22 bits per heavy atom. The largest absolute Gasteiger partial charge is 0.508 e. The Morgan fingerprint density at radius 3 is 2.33 bits per heavy atom. The van der Waals surface area contributed by atoms with E-state index in [1.807, 2.05) is 0 Å². The maximum atomic E-state index is 12.5. The molecule has 0 aromatic heterocycles. The number of aliphatic hydroxyl groups is 2. The summed E-state index contributed by atoms with van der Waals surface area (Å²) in [5.74, 6) is -0.615. The summed E-state index contributed by atoms with van der Waals surface area (Å²) in [6.07, 6.45) is -7.40. The summed E-state index contributed by atoms with van der Waals surface area (Å²) in [4.78, 5) is 0. The van der Waals surface area contributed by atoms with Gasteiger partial charge < -0.3 is 20.6 Å². The van der Waals surface area contributed by atoms with E-state index in [-0.39, 0.29) is 12.1 Å². The van der Waals surface area contributed by atoms with Crippen molar-refractivity contribution in [3.8, 4) is 5.75 Å². The van der Waals surface area contributed by atoms with E-state index in [0.717, 1.165) is 6.07 Å². The summed E-state index contributed by atoms with van der Waals surface area (Å²) in [7, 11) is 1.53. The lowest BCUT2D eigenvalue weighted by Gasteiger charge is -2.19. The van der Waals surface area contributed by atoms with Crippen LogP contribution in [-0.2, 0) is 6.18 Å². The third-order valence-electron chi connectivity index (χ3n) is 2.39. The van der Waals surface area contributed by atoms with Crippen molar-refractivity contribution in [2.75, 3.05) is 13.6 Å². The number of hydrogen-bond acceptors (Lipinski definition) is 4. The summed E-state index contributed by atoms with van der Waals surface area (Å²) >= 11 is 0. The summed E-state index contributed by atoms with van der Waals surface area (Å²) in [6, 6.07) is 2.24. The van der Waals surface area contributed by atoms with E-state index in [1.54, 1.807) is 0 Å². The Bertz CT molecular complexity index is 409. The lowest BCUT2D eigenvalue weighted by atomic mass is 10.0. The minimum atomic E-state index is -4.62. The molecule has 0 saturated heterocycles. The highest BCUT2D eigenvalue weighted by molar-refractivity contribution is 5.36. The van der Waals surface area contributed by atoms with Crippen LogP contribution in [0.25, 0.3) is 0 Å². The Labute approximate surface area is 102 Å². The molecule has 0 aliphatic rings. The molecule has 0 fully saturated rings. The Morgan fingerprint density at radius 2 is 1.83 bits per heavy atom. The lowest BCUT2D eigenvalue weighted by Crippen LogP contribution is -2.29. The fourth-order valence-corrected chi connectivity index (χ4v) is 1.51. The molecule has 0 radical (unpaired) electrons. The molecular weight excluding hydrogens is 251 g/mol. The molecule has 7 heteroatoms. The lowest BCUT2D eigenvalue weighted by molar-refractivity contribution is -0.137. The maximum Gasteiger partial charge on any atom is 0.416 e. The highest BCUT2D eigenvalue weighted by Gasteiger charge is 2.32. The first-order chi connectivity index (χ1) is 8.25. The van der Waals surface area contributed by atoms with Crippen LogP contribution in [0.15, 0.2) is 18.2 Å². The molecule has 0 saturated carbocycles. The number of hydrogen-bond donors (Lipinski definition) is 4. The van der Waals surface area contributed by atoms with E-state index >= 15 is 0 Å². The van der Waals surface area contributed by atoms with Crippen LogP contribution in [0.5, 0.6) is 5.75 Å². The molecule has 4 N–H and O–H groups in total. The van der Waals surface area contributed by atoms with E-state index in [9.17, 15) is 28.5 Å². The fourth-order valence-electron chi connectivity index (χ4n) is 1.51. The molecule has 0 bridgehead atoms. The van der Waals surface area contributed by atoms with Crippen LogP contribution >= 0.6 is 0 Å². The van der Waals surface area contributed by atoms with Gasteiger partial charge in [-0.25, -0.2) is 0 Å². The van der Waals surface area contributed by atoms with E-state index in [0.29, 0.717) is 12.1 Å². The number of halogens is 3. The van der Waals surface area contributed by atoms with Crippen molar-refractivity contribution in [1.82, 2.24) is 5.32 Å². The van der Waals surface area contributed by atoms with E-state index in [2.05, 4.69) is 5.32 Å². The van der Waals surface area contributed by atoms with E-state index in [4.69, 9.17) is 0 Å². The van der Waals surface area contributed by atoms with Crippen molar-refractivity contribution in [1.29, 1.82) is 0 Å². The van der Waals surface area contributed by atoms with Crippen LogP contribution in [0, 0.1) is 0 Å². The van der Waals surface area contributed by atoms with Gasteiger partial charge in [0.05, 0.1) is 11.7 Å². The number of aliphatic hydroxyl groups excluding tert-OH is 2. The number of benzene rings is 1. The Kier molecular flexibility index (Phi) is 4.55. The number of rotatable bonds is 4. The number of nitrogens with one attached hydrogen (secondary N) is 1. The van der Waals surface area contributed by atoms with Gasteiger partial charge in [-0.15, -0.1) is 0 Å². The van der Waals surface area contributed by atoms with Crippen molar-refractivity contribution < 1.29 is 28.5 Å². The van der Waals surface area contributed by atoms with Gasteiger partial charge >= 0.3 is 6.18 Å². The van der Waals surface area contributed by atoms with Gasteiger partial charge in [0.25, 0.3) is 0 Å². The second kappa shape index (κ2) is 5.55. The van der Waals surface area contributed by atoms with Gasteiger partial charge in [-0.05, 0) is 30.8 Å². The molecule has 18 heavy (non-hydrogen) atoms. The molecular formula is C11H14F3NO3. The number of phenolic OH excluding ortho intramolecular Hbond substituents is 1. The zero-order valence-corrected chi connectivity index (χ0v) is 9.57. The molecule has 0 heterocycles. The average Bonchev–Trinajstić information content (AvgIpc) is 2.26. The smallest absolute Gasteiger partial charge is 0.416 e. The van der Waals surface area contributed by atoms with Gasteiger partial charge in [0.2, 0.25) is 0 Å². The third-order valence-corrected chi connectivity index (χ3v) is 2.39. The normalized spacial score (nSPS) is 15.4. The number of likely N-dealkylation sites (N-methyl/N-ethyl adjacent to an activating group) is 1. The summed E-state index contributed by atoms with van der Waals surface area (Å²) in [5, 5.41) is 30.9. The standard InChI is InChI=1S/C11H14F3NO3/c1-15-5-9(17)10(18)6-2-7(11(12,13)14)4-8(16)3-6/h2-4,9-10,15-18H,5H2,1H3. The first kappa shape index (κ1) is 14.7. The van der Waals surface area contributed by atoms with Crippen molar-refractivity contribution >= 4 is 0 Å². The van der Waals surface area contributed by atoms with E-state index < -0.39 is 29.7 Å². The number of alkyl halides is 3. The molecule has 2 atom stereocenters. The number of phenols is 1. The molecule has 1 aromatic rings. The highest BCUT2D eigenvalue weighted by atomic mass is 19.4. The Balaban J connectivity index is 3.06. The van der Waals surface area contributed by atoms with Crippen LogP contribution < -0.4 is 5.32 Å². The van der Waals surface area contributed by atoms with Crippen LogP contribution in [-0.4, -0.2) is 35.0 Å². The van der Waals surface area contributed by atoms with Crippen molar-refractivity contribution in [3.63, 3.8) is 0 Å². The SMILES string of the molecule is CNCC(O)C(O)c1cc(O)cc(C(F)(F)F)c1. The average molecular weight is 265 g/mol. The van der Waals surface area contributed by atoms with Gasteiger partial charge in [0.15, 0.2) is 0 Å². The molecule has 0 aliphatic carbocycles. The molecule has 1 aromatic carbocycles. The van der Waals surface area contributed by atoms with Gasteiger partial charge in [-0.3, -0.25) is 0 Å². The molecule has 2 unspecified atom stereocenters. The van der Waals surface area contributed by atoms with Crippen molar-refractivity contribution in [3.05, 3.63) is 29.3 Å². The molecule has 0 amide bonds. The van der Waals surface area contributed by atoms with Gasteiger partial charge in [-0.2, -0.15) is 13.2 Å². The first-order valence-corrected chi connectivity index (χ1v) is 5.17. The van der Waals surface area contributed by atoms with E-state index in [1.165, 1.54) is 7.05 Å². The fraction of sp³-hybridized carbons (Fsp3) is 0.455. The minimum absolute atomic E-state index is 0.0121. The van der Waals surface area contributed by atoms with Crippen LogP contribution in [0.1, 0.15) is 17.2 Å². The number of aromatic hydroxyl groups is 1. The van der Waals surface area contributed by atoms with Crippen LogP contribution in [0.2, 0.25) is 0 Å². The first-order valence-electron chi connectivity index (χ1n) is 5.17. The summed E-state index contributed by atoms with van der Waals surface area (Å²) in [6.45, 7) is 0.0121. The minimum Gasteiger partial charge on any atom is -0.508 e. The molecule has 0 spiro atoms. The summed E-state index contributed by atoms with van der Waals surface area (Å²) in [5.41, 5.74) is -1.27. The predicted molar refractivity (Wildman–Crippen MR) is 58.0 cm³/mol. The van der Waals surface area contributed by atoms with Gasteiger partial charge in [0, 0.05) is 6.54 Å². The summed E-state index contributed by atoms with van der Waals surface area (Å²) < 4.78 is 37.5. The monoisotopic (exact) mass is 265 g/mol. The quantitative estimate of drug-likeness (QED) is 0.656. The van der Waals surface area contributed by atoms with Crippen LogP contribution in [0.4, 0.5) is 13.2 Å². The third kappa shape index (κ3) is 3.59. The second-order valence-electron chi connectivity index (χ2n) is 3.88. The highest BCUT2D eigenvalue weighted by Crippen LogP contribution is 2.34. The molecule has 102 valence electrons. The zero-order chi connectivity index (χ0) is 13.9. The molecule has 4 nitrogen and oxygen atoms in total. The topological polar surface area (TPSA) is 72.7 Å². The van der Waals surface area contributed by atoms with Gasteiger partial charge in [-0.1, -0.05) is 0 Å². The zero-order valence-electron chi connectivity index (χ0n) is 9.57. The van der Waals surface area contributed by atoms with Crippen molar-refractivity contribution in [2.24, 2.45) is 0 Å². The Hall–Kier alpha value is -1.31.